The molecule has 3 rings (SSSR count). The van der Waals surface area contributed by atoms with E-state index in [-0.39, 0.29) is 17.0 Å². The summed E-state index contributed by atoms with van der Waals surface area (Å²) in [7, 11) is -18.3. The van der Waals surface area contributed by atoms with Crippen molar-refractivity contribution in [1.82, 2.24) is 0 Å². The van der Waals surface area contributed by atoms with Gasteiger partial charge in [0.15, 0.2) is 12.2 Å². The Labute approximate surface area is 277 Å². The molecule has 0 aromatic heterocycles. The van der Waals surface area contributed by atoms with Crippen molar-refractivity contribution in [2.75, 3.05) is 18.6 Å². The fourth-order valence-corrected chi connectivity index (χ4v) is 6.02. The minimum absolute atomic E-state index is 0.0910. The van der Waals surface area contributed by atoms with Crippen molar-refractivity contribution < 1.29 is 100 Å². The van der Waals surface area contributed by atoms with Crippen molar-refractivity contribution in [2.24, 2.45) is 0 Å². The second-order valence-electron chi connectivity index (χ2n) is 9.44. The molecule has 2 unspecified atom stereocenters. The summed E-state index contributed by atoms with van der Waals surface area (Å²) in [6.45, 7) is 0.540. The Morgan fingerprint density at radius 3 is 1.70 bits per heavy atom. The fraction of sp³-hybridized carbons (Fsp3) is 0.409. The first-order chi connectivity index (χ1) is 22.1. The van der Waals surface area contributed by atoms with Crippen LogP contribution in [0, 0.1) is 0 Å². The molecule has 50 heavy (non-hydrogen) atoms. The topological polar surface area (TPSA) is 171 Å². The SMILES string of the molecule is CC(c1ccc(OS(=O)(=O)C(F)(F)F)cc1Cl)C(O)(c1ccc2c(c1)OCC(=O)N2C)C(F)(F)F.O=S(=O)(OS(=O)(=O)C(F)(F)F)C(F)(F)F. The van der Waals surface area contributed by atoms with E-state index in [0.717, 1.165) is 31.2 Å². The van der Waals surface area contributed by atoms with Crippen LogP contribution >= 0.6 is 11.6 Å². The first kappa shape index (κ1) is 42.9. The highest BCUT2D eigenvalue weighted by molar-refractivity contribution is 8.00. The number of likely N-dealkylation sites (N-methyl/N-ethyl adjacent to an activating group) is 1. The number of hydrogen-bond acceptors (Lipinski definition) is 11. The molecule has 0 radical (unpaired) electrons. The Morgan fingerprint density at radius 1 is 0.800 bits per heavy atom. The van der Waals surface area contributed by atoms with E-state index in [0.29, 0.717) is 12.1 Å². The summed E-state index contributed by atoms with van der Waals surface area (Å²) < 4.78 is 222. The molecule has 2 aromatic rings. The van der Waals surface area contributed by atoms with Gasteiger partial charge in [0.1, 0.15) is 11.5 Å². The molecule has 1 N–H and O–H groups in total. The van der Waals surface area contributed by atoms with Crippen LogP contribution in [0.4, 0.5) is 58.4 Å². The van der Waals surface area contributed by atoms with E-state index in [1.54, 1.807) is 0 Å². The number of amides is 1. The van der Waals surface area contributed by atoms with Crippen LogP contribution in [-0.2, 0) is 44.4 Å². The molecular formula is C22H16ClF12NO11S3. The maximum atomic E-state index is 14.2. The van der Waals surface area contributed by atoms with E-state index in [1.165, 1.54) is 11.9 Å². The third-order valence-corrected chi connectivity index (χ3v) is 10.1. The maximum absolute atomic E-state index is 14.2. The van der Waals surface area contributed by atoms with Gasteiger partial charge in [0.25, 0.3) is 5.91 Å². The third-order valence-electron chi connectivity index (χ3n) is 6.22. The van der Waals surface area contributed by atoms with Crippen LogP contribution in [0.1, 0.15) is 24.0 Å². The number of carbonyl (C=O) groups is 1. The maximum Gasteiger partial charge on any atom is 0.534 e. The highest BCUT2D eigenvalue weighted by Crippen LogP contribution is 2.51. The molecule has 0 bridgehead atoms. The van der Waals surface area contributed by atoms with Gasteiger partial charge in [-0.15, -0.1) is 3.63 Å². The molecule has 284 valence electrons. The molecule has 2 aromatic carbocycles. The van der Waals surface area contributed by atoms with E-state index < -0.39 is 93.4 Å². The van der Waals surface area contributed by atoms with E-state index in [4.69, 9.17) is 16.3 Å². The molecule has 2 atom stereocenters. The summed E-state index contributed by atoms with van der Waals surface area (Å²) in [6.07, 6.45) is -5.28. The van der Waals surface area contributed by atoms with Gasteiger partial charge in [-0.05, 0) is 29.3 Å². The van der Waals surface area contributed by atoms with E-state index in [2.05, 4.69) is 4.18 Å². The lowest BCUT2D eigenvalue weighted by Crippen LogP contribution is -2.46. The number of hydrogen-bond donors (Lipinski definition) is 1. The Balaban J connectivity index is 0.000000487. The zero-order valence-electron chi connectivity index (χ0n) is 23.9. The number of anilines is 1. The van der Waals surface area contributed by atoms with Gasteiger partial charge >= 0.3 is 53.1 Å². The van der Waals surface area contributed by atoms with Crippen molar-refractivity contribution in [1.29, 1.82) is 0 Å². The summed E-state index contributed by atoms with van der Waals surface area (Å²) in [5, 5.41) is 10.4. The van der Waals surface area contributed by atoms with Crippen molar-refractivity contribution >= 4 is 53.5 Å². The molecule has 1 aliphatic heterocycles. The number of fused-ring (bicyclic) bond motifs is 1. The second kappa shape index (κ2) is 13.7. The van der Waals surface area contributed by atoms with Crippen LogP contribution in [-0.4, -0.2) is 72.6 Å². The molecule has 12 nitrogen and oxygen atoms in total. The molecule has 0 saturated heterocycles. The first-order valence-electron chi connectivity index (χ1n) is 12.1. The summed E-state index contributed by atoms with van der Waals surface area (Å²) in [5.74, 6) is -3.27. The summed E-state index contributed by atoms with van der Waals surface area (Å²) in [5.41, 5.74) is -22.7. The number of alkyl halides is 12. The highest BCUT2D eigenvalue weighted by atomic mass is 35.5. The zero-order valence-corrected chi connectivity index (χ0v) is 27.1. The smallest absolute Gasteiger partial charge is 0.482 e. The molecule has 1 aliphatic rings. The van der Waals surface area contributed by atoms with Gasteiger partial charge in [0.2, 0.25) is 0 Å². The molecule has 0 spiro atoms. The minimum Gasteiger partial charge on any atom is -0.482 e. The molecule has 1 amide bonds. The lowest BCUT2D eigenvalue weighted by Gasteiger charge is -2.38. The van der Waals surface area contributed by atoms with Crippen molar-refractivity contribution in [3.63, 3.8) is 0 Å². The van der Waals surface area contributed by atoms with Crippen LogP contribution in [0.15, 0.2) is 36.4 Å². The predicted octanol–water partition coefficient (Wildman–Crippen LogP) is 5.18. The number of benzene rings is 2. The monoisotopic (exact) mass is 829 g/mol. The van der Waals surface area contributed by atoms with Crippen LogP contribution in [0.5, 0.6) is 11.5 Å². The number of nitrogens with zero attached hydrogens (tertiary/aromatic N) is 1. The lowest BCUT2D eigenvalue weighted by molar-refractivity contribution is -0.274. The zero-order chi connectivity index (χ0) is 39.3. The Bertz CT molecular complexity index is 1910. The van der Waals surface area contributed by atoms with Crippen LogP contribution in [0.3, 0.4) is 0 Å². The standard InChI is InChI=1S/C20H16ClF6NO6S.C2F6O5S2/c1-10(13-5-4-12(8-14(13)21)34-35(31,32)20(25,26)27)18(30,19(22,23)24)11-3-6-15-16(7-11)33-9-17(29)28(15)2;3-1(4,5)14(9,10)13-15(11,12)2(6,7)8/h3-8,10,30H,9H2,1-2H3;. The number of aliphatic hydroxyl groups is 1. The van der Waals surface area contributed by atoms with Crippen LogP contribution in [0.2, 0.25) is 5.02 Å². The van der Waals surface area contributed by atoms with E-state index in [1.807, 2.05) is 3.63 Å². The molecule has 0 fully saturated rings. The van der Waals surface area contributed by atoms with Crippen molar-refractivity contribution in [3.8, 4) is 11.5 Å². The average Bonchev–Trinajstić information content (AvgIpc) is 2.91. The van der Waals surface area contributed by atoms with E-state index >= 15 is 0 Å². The summed E-state index contributed by atoms with van der Waals surface area (Å²) >= 11 is 5.96. The van der Waals surface area contributed by atoms with Gasteiger partial charge in [-0.2, -0.15) is 77.9 Å². The quantitative estimate of drug-likeness (QED) is 0.222. The highest BCUT2D eigenvalue weighted by Gasteiger charge is 2.60. The normalized spacial score (nSPS) is 16.7. The number of rotatable bonds is 7. The van der Waals surface area contributed by atoms with Crippen molar-refractivity contribution in [2.45, 2.75) is 41.1 Å². The number of carbonyl (C=O) groups excluding carboxylic acids is 1. The van der Waals surface area contributed by atoms with Crippen molar-refractivity contribution in [3.05, 3.63) is 52.5 Å². The Hall–Kier alpha value is -3.27. The number of ether oxygens (including phenoxy) is 1. The third kappa shape index (κ3) is 8.78. The van der Waals surface area contributed by atoms with Crippen LogP contribution in [0.25, 0.3) is 0 Å². The summed E-state index contributed by atoms with van der Waals surface area (Å²) in [6, 6.07) is 5.10. The first-order valence-corrected chi connectivity index (χ1v) is 16.7. The van der Waals surface area contributed by atoms with Gasteiger partial charge < -0.3 is 18.9 Å². The van der Waals surface area contributed by atoms with Crippen LogP contribution < -0.4 is 13.8 Å². The lowest BCUT2D eigenvalue weighted by atomic mass is 9.77. The molecule has 1 heterocycles. The van der Waals surface area contributed by atoms with Gasteiger partial charge in [0.05, 0.1) is 5.69 Å². The van der Waals surface area contributed by atoms with E-state index in [9.17, 15) is 87.8 Å². The number of halogens is 13. The summed E-state index contributed by atoms with van der Waals surface area (Å²) in [4.78, 5) is 12.9. The largest absolute Gasteiger partial charge is 0.534 e. The Kier molecular flexibility index (Phi) is 11.8. The van der Waals surface area contributed by atoms with Gasteiger partial charge in [-0.25, -0.2) is 0 Å². The fourth-order valence-electron chi connectivity index (χ4n) is 3.68. The average molecular weight is 830 g/mol. The van der Waals surface area contributed by atoms with Gasteiger partial charge in [0, 0.05) is 24.1 Å². The molecule has 0 saturated carbocycles. The minimum atomic E-state index is -6.85. The second-order valence-corrected chi connectivity index (χ2v) is 14.7. The predicted molar refractivity (Wildman–Crippen MR) is 142 cm³/mol. The molecule has 28 heteroatoms. The Morgan fingerprint density at radius 2 is 1.28 bits per heavy atom. The van der Waals surface area contributed by atoms with Gasteiger partial charge in [-0.1, -0.05) is 30.7 Å². The molecular weight excluding hydrogens is 814 g/mol. The molecule has 0 aliphatic carbocycles. The van der Waals surface area contributed by atoms with Gasteiger partial charge in [-0.3, -0.25) is 4.79 Å².